The van der Waals surface area contributed by atoms with Crippen LogP contribution in [0, 0.1) is 11.7 Å². The van der Waals surface area contributed by atoms with Gasteiger partial charge in [-0.2, -0.15) is 10.1 Å². The summed E-state index contributed by atoms with van der Waals surface area (Å²) in [7, 11) is 1.80. The Morgan fingerprint density at radius 1 is 1.24 bits per heavy atom. The van der Waals surface area contributed by atoms with E-state index in [1.807, 2.05) is 13.8 Å². The second-order valence-corrected chi connectivity index (χ2v) is 6.03. The van der Waals surface area contributed by atoms with Crippen molar-refractivity contribution in [2.24, 2.45) is 13.0 Å². The molecule has 0 saturated heterocycles. The highest BCUT2D eigenvalue weighted by Gasteiger charge is 2.25. The molecule has 130 valence electrons. The van der Waals surface area contributed by atoms with Gasteiger partial charge in [0.15, 0.2) is 0 Å². The third kappa shape index (κ3) is 3.73. The second-order valence-electron chi connectivity index (χ2n) is 6.03. The highest BCUT2D eigenvalue weighted by molar-refractivity contribution is 5.94. The number of rotatable bonds is 5. The minimum absolute atomic E-state index is 0.0152. The number of hydrogen-bond acceptors (Lipinski definition) is 5. The molecule has 0 aliphatic carbocycles. The average molecular weight is 343 g/mol. The monoisotopic (exact) mass is 343 g/mol. The Bertz CT molecular complexity index is 869. The highest BCUT2D eigenvalue weighted by Crippen LogP contribution is 2.23. The number of halogens is 1. The first kappa shape index (κ1) is 16.8. The molecule has 2 heterocycles. The van der Waals surface area contributed by atoms with Crippen molar-refractivity contribution in [3.05, 3.63) is 53.8 Å². The number of nitrogens with one attached hydrogen (secondary N) is 1. The summed E-state index contributed by atoms with van der Waals surface area (Å²) in [5.74, 6) is -0.0602. The number of nitrogens with zero attached hydrogens (tertiary/aromatic N) is 4. The Balaban J connectivity index is 1.80. The minimum atomic E-state index is -0.470. The van der Waals surface area contributed by atoms with Gasteiger partial charge in [-0.1, -0.05) is 19.0 Å². The van der Waals surface area contributed by atoms with Gasteiger partial charge in [-0.15, -0.1) is 0 Å². The Morgan fingerprint density at radius 3 is 2.56 bits per heavy atom. The van der Waals surface area contributed by atoms with Crippen LogP contribution < -0.4 is 5.32 Å². The summed E-state index contributed by atoms with van der Waals surface area (Å²) in [5.41, 5.74) is 0.946. The van der Waals surface area contributed by atoms with Crippen molar-refractivity contribution in [1.82, 2.24) is 25.2 Å². The number of aromatic nitrogens is 4. The molecule has 0 radical (unpaired) electrons. The van der Waals surface area contributed by atoms with Gasteiger partial charge in [-0.3, -0.25) is 9.48 Å². The number of benzene rings is 1. The van der Waals surface area contributed by atoms with Crippen molar-refractivity contribution in [2.45, 2.75) is 19.9 Å². The van der Waals surface area contributed by atoms with Gasteiger partial charge in [0.1, 0.15) is 17.6 Å². The van der Waals surface area contributed by atoms with Gasteiger partial charge in [-0.05, 0) is 36.2 Å². The Hall–Kier alpha value is -3.03. The largest absolute Gasteiger partial charge is 0.340 e. The van der Waals surface area contributed by atoms with Gasteiger partial charge >= 0.3 is 0 Å². The maximum atomic E-state index is 13.0. The van der Waals surface area contributed by atoms with Crippen LogP contribution in [0.5, 0.6) is 0 Å². The lowest BCUT2D eigenvalue weighted by Gasteiger charge is -2.18. The molecule has 0 aliphatic heterocycles. The first-order chi connectivity index (χ1) is 11.9. The van der Waals surface area contributed by atoms with E-state index in [1.165, 1.54) is 24.3 Å². The van der Waals surface area contributed by atoms with E-state index in [0.29, 0.717) is 23.0 Å². The Kier molecular flexibility index (Phi) is 4.60. The van der Waals surface area contributed by atoms with Crippen LogP contribution in [0.2, 0.25) is 0 Å². The molecule has 1 amide bonds. The van der Waals surface area contributed by atoms with Gasteiger partial charge in [-0.25, -0.2) is 4.39 Å². The zero-order valence-electron chi connectivity index (χ0n) is 14.1. The predicted molar refractivity (Wildman–Crippen MR) is 87.9 cm³/mol. The quantitative estimate of drug-likeness (QED) is 0.770. The van der Waals surface area contributed by atoms with Crippen molar-refractivity contribution in [1.29, 1.82) is 0 Å². The lowest BCUT2D eigenvalue weighted by atomic mass is 10.0. The van der Waals surface area contributed by atoms with Crippen molar-refractivity contribution in [2.75, 3.05) is 0 Å². The fraction of sp³-hybridized carbons (Fsp3) is 0.294. The van der Waals surface area contributed by atoms with E-state index in [1.54, 1.807) is 24.0 Å². The lowest BCUT2D eigenvalue weighted by Crippen LogP contribution is -2.32. The number of hydrogen-bond donors (Lipinski definition) is 1. The third-order valence-corrected chi connectivity index (χ3v) is 3.71. The van der Waals surface area contributed by atoms with E-state index in [9.17, 15) is 9.18 Å². The maximum absolute atomic E-state index is 13.0. The molecule has 3 aromatic rings. The van der Waals surface area contributed by atoms with Crippen LogP contribution in [0.4, 0.5) is 4.39 Å². The normalized spacial score (nSPS) is 12.4. The minimum Gasteiger partial charge on any atom is -0.340 e. The van der Waals surface area contributed by atoms with Crippen LogP contribution in [-0.4, -0.2) is 25.8 Å². The molecular formula is C17H18FN5O2. The summed E-state index contributed by atoms with van der Waals surface area (Å²) in [5, 5.41) is 11.0. The number of aryl methyl sites for hydroxylation is 1. The van der Waals surface area contributed by atoms with Gasteiger partial charge in [0.25, 0.3) is 5.91 Å². The molecule has 7 nitrogen and oxygen atoms in total. The van der Waals surface area contributed by atoms with Crippen LogP contribution in [0.3, 0.4) is 0 Å². The number of carbonyl (C=O) groups is 1. The summed E-state index contributed by atoms with van der Waals surface area (Å²) in [6, 6.07) is 6.64. The van der Waals surface area contributed by atoms with Crippen LogP contribution in [0.25, 0.3) is 11.5 Å². The fourth-order valence-electron chi connectivity index (χ4n) is 2.34. The van der Waals surface area contributed by atoms with E-state index in [4.69, 9.17) is 4.52 Å². The molecule has 1 unspecified atom stereocenters. The first-order valence-corrected chi connectivity index (χ1v) is 7.84. The fourth-order valence-corrected chi connectivity index (χ4v) is 2.34. The summed E-state index contributed by atoms with van der Waals surface area (Å²) in [6.07, 6.45) is 1.78. The number of amides is 1. The summed E-state index contributed by atoms with van der Waals surface area (Å²) in [4.78, 5) is 16.7. The molecular weight excluding hydrogens is 325 g/mol. The van der Waals surface area contributed by atoms with Crippen LogP contribution in [0.1, 0.15) is 36.1 Å². The van der Waals surface area contributed by atoms with Gasteiger partial charge in [0.05, 0.1) is 0 Å². The smallest absolute Gasteiger partial charge is 0.251 e. The molecule has 25 heavy (non-hydrogen) atoms. The maximum Gasteiger partial charge on any atom is 0.251 e. The van der Waals surface area contributed by atoms with Crippen molar-refractivity contribution in [3.8, 4) is 11.5 Å². The third-order valence-electron chi connectivity index (χ3n) is 3.71. The molecule has 3 rings (SSSR count). The van der Waals surface area contributed by atoms with Crippen LogP contribution >= 0.6 is 0 Å². The van der Waals surface area contributed by atoms with Crippen LogP contribution in [-0.2, 0) is 7.05 Å². The number of carbonyl (C=O) groups excluding carboxylic acids is 1. The molecule has 1 atom stereocenters. The molecule has 0 spiro atoms. The SMILES string of the molecule is CC(C)C(NC(=O)c1ccc(F)cc1)c1nc(-c2ccn(C)n2)no1. The molecule has 0 saturated carbocycles. The van der Waals surface area contributed by atoms with Crippen molar-refractivity contribution < 1.29 is 13.7 Å². The predicted octanol–water partition coefficient (Wildman–Crippen LogP) is 2.74. The Labute approximate surface area is 143 Å². The topological polar surface area (TPSA) is 85.8 Å². The van der Waals surface area contributed by atoms with E-state index in [-0.39, 0.29) is 11.8 Å². The molecule has 1 N–H and O–H groups in total. The van der Waals surface area contributed by atoms with E-state index < -0.39 is 11.9 Å². The van der Waals surface area contributed by atoms with Crippen molar-refractivity contribution >= 4 is 5.91 Å². The van der Waals surface area contributed by atoms with Crippen LogP contribution in [0.15, 0.2) is 41.1 Å². The Morgan fingerprint density at radius 2 is 1.96 bits per heavy atom. The standard InChI is InChI=1S/C17H18FN5O2/c1-10(2)14(19-16(24)11-4-6-12(18)7-5-11)17-20-15(22-25-17)13-8-9-23(3)21-13/h4-10,14H,1-3H3,(H,19,24). The van der Waals surface area contributed by atoms with Gasteiger partial charge in [0, 0.05) is 18.8 Å². The van der Waals surface area contributed by atoms with E-state index >= 15 is 0 Å². The van der Waals surface area contributed by atoms with Gasteiger partial charge < -0.3 is 9.84 Å². The summed E-state index contributed by atoms with van der Waals surface area (Å²) < 4.78 is 20.0. The molecule has 2 aromatic heterocycles. The average Bonchev–Trinajstić information content (AvgIpc) is 3.21. The zero-order chi connectivity index (χ0) is 18.0. The first-order valence-electron chi connectivity index (χ1n) is 7.84. The van der Waals surface area contributed by atoms with E-state index in [0.717, 1.165) is 0 Å². The van der Waals surface area contributed by atoms with E-state index in [2.05, 4.69) is 20.6 Å². The molecule has 1 aromatic carbocycles. The summed E-state index contributed by atoms with van der Waals surface area (Å²) >= 11 is 0. The molecule has 8 heteroatoms. The second kappa shape index (κ2) is 6.84. The van der Waals surface area contributed by atoms with Crippen molar-refractivity contribution in [3.63, 3.8) is 0 Å². The molecule has 0 aliphatic rings. The van der Waals surface area contributed by atoms with Gasteiger partial charge in [0.2, 0.25) is 11.7 Å². The molecule has 0 fully saturated rings. The molecule has 0 bridgehead atoms. The summed E-state index contributed by atoms with van der Waals surface area (Å²) in [6.45, 7) is 3.86. The highest BCUT2D eigenvalue weighted by atomic mass is 19.1. The zero-order valence-corrected chi connectivity index (χ0v) is 14.1. The lowest BCUT2D eigenvalue weighted by molar-refractivity contribution is 0.0914.